The molecule has 0 atom stereocenters. The van der Waals surface area contributed by atoms with Gasteiger partial charge in [-0.3, -0.25) is 24.6 Å². The van der Waals surface area contributed by atoms with Crippen molar-refractivity contribution < 1.29 is 9.59 Å². The molecule has 0 unspecified atom stereocenters. The standard InChI is InChI=1S/C35H38N10O2/c1-23-5-10-28(38-33(46)25-8-6-24(7-9-25)22-45-15-13-44(4)14-16-45)18-30(23)40-35-37-12-11-29(39-35)26-17-27(21-36-20-26)31-19-32(42-41-31)34(47)43(2)3/h5-12,17-21H,13-16,22H2,1-4H3,(H,38,46)(H,41,42)(H,37,39,40). The molecule has 1 aliphatic rings. The number of carbonyl (C=O) groups excluding carboxylic acids is 2. The van der Waals surface area contributed by atoms with Gasteiger partial charge in [0.1, 0.15) is 5.69 Å². The van der Waals surface area contributed by atoms with Crippen LogP contribution in [0.2, 0.25) is 0 Å². The predicted octanol–water partition coefficient (Wildman–Crippen LogP) is 4.68. The van der Waals surface area contributed by atoms with E-state index in [1.54, 1.807) is 44.8 Å². The first-order valence-corrected chi connectivity index (χ1v) is 15.5. The predicted molar refractivity (Wildman–Crippen MR) is 182 cm³/mol. The van der Waals surface area contributed by atoms with E-state index in [1.807, 2.05) is 55.5 Å². The summed E-state index contributed by atoms with van der Waals surface area (Å²) in [4.78, 5) is 45.2. The molecule has 3 aromatic heterocycles. The zero-order chi connectivity index (χ0) is 32.9. The summed E-state index contributed by atoms with van der Waals surface area (Å²) in [7, 11) is 5.53. The Morgan fingerprint density at radius 1 is 0.915 bits per heavy atom. The third kappa shape index (κ3) is 7.68. The van der Waals surface area contributed by atoms with E-state index in [9.17, 15) is 9.59 Å². The Morgan fingerprint density at radius 2 is 1.66 bits per heavy atom. The number of piperazine rings is 1. The summed E-state index contributed by atoms with van der Waals surface area (Å²) < 4.78 is 0. The molecule has 2 amide bonds. The zero-order valence-corrected chi connectivity index (χ0v) is 27.0. The van der Waals surface area contributed by atoms with Gasteiger partial charge >= 0.3 is 0 Å². The molecule has 240 valence electrons. The summed E-state index contributed by atoms with van der Waals surface area (Å²) in [6.45, 7) is 7.12. The summed E-state index contributed by atoms with van der Waals surface area (Å²) >= 11 is 0. The molecule has 5 aromatic rings. The van der Waals surface area contributed by atoms with Gasteiger partial charge in [0.2, 0.25) is 5.95 Å². The fourth-order valence-corrected chi connectivity index (χ4v) is 5.30. The Morgan fingerprint density at radius 3 is 2.40 bits per heavy atom. The highest BCUT2D eigenvalue weighted by atomic mass is 16.2. The second-order valence-electron chi connectivity index (χ2n) is 12.0. The highest BCUT2D eigenvalue weighted by Gasteiger charge is 2.16. The Balaban J connectivity index is 1.12. The van der Waals surface area contributed by atoms with Crippen molar-refractivity contribution in [1.29, 1.82) is 0 Å². The molecule has 0 spiro atoms. The fraction of sp³-hybridized carbons (Fsp3) is 0.257. The highest BCUT2D eigenvalue weighted by molar-refractivity contribution is 6.04. The van der Waals surface area contributed by atoms with Crippen molar-refractivity contribution in [3.8, 4) is 22.5 Å². The van der Waals surface area contributed by atoms with E-state index in [0.717, 1.165) is 55.1 Å². The van der Waals surface area contributed by atoms with Crippen LogP contribution in [0.3, 0.4) is 0 Å². The van der Waals surface area contributed by atoms with Crippen LogP contribution in [0.15, 0.2) is 79.3 Å². The first-order chi connectivity index (χ1) is 22.7. The van der Waals surface area contributed by atoms with Crippen LogP contribution in [-0.4, -0.2) is 99.0 Å². The molecule has 3 N–H and O–H groups in total. The van der Waals surface area contributed by atoms with E-state index in [0.29, 0.717) is 34.3 Å². The lowest BCUT2D eigenvalue weighted by Gasteiger charge is -2.32. The first kappa shape index (κ1) is 31.5. The number of H-pyrrole nitrogens is 1. The third-order valence-corrected chi connectivity index (χ3v) is 8.16. The average molecular weight is 631 g/mol. The van der Waals surface area contributed by atoms with Gasteiger partial charge in [0, 0.05) is 93.5 Å². The fourth-order valence-electron chi connectivity index (χ4n) is 5.30. The van der Waals surface area contributed by atoms with Crippen molar-refractivity contribution in [2.45, 2.75) is 13.5 Å². The van der Waals surface area contributed by atoms with Crippen LogP contribution in [-0.2, 0) is 6.54 Å². The van der Waals surface area contributed by atoms with Gasteiger partial charge in [-0.1, -0.05) is 18.2 Å². The van der Waals surface area contributed by atoms with Gasteiger partial charge in [-0.2, -0.15) is 5.10 Å². The van der Waals surface area contributed by atoms with Gasteiger partial charge in [0.25, 0.3) is 11.8 Å². The Labute approximate surface area is 273 Å². The maximum absolute atomic E-state index is 13.1. The molecule has 12 heteroatoms. The molecule has 0 aliphatic carbocycles. The lowest BCUT2D eigenvalue weighted by Crippen LogP contribution is -2.43. The van der Waals surface area contributed by atoms with E-state index < -0.39 is 0 Å². The number of nitrogens with zero attached hydrogens (tertiary/aromatic N) is 7. The van der Waals surface area contributed by atoms with E-state index >= 15 is 0 Å². The van der Waals surface area contributed by atoms with E-state index in [-0.39, 0.29) is 11.8 Å². The second-order valence-corrected chi connectivity index (χ2v) is 12.0. The number of likely N-dealkylation sites (N-methyl/N-ethyl adjacent to an activating group) is 1. The molecule has 6 rings (SSSR count). The van der Waals surface area contributed by atoms with Crippen LogP contribution in [0.25, 0.3) is 22.5 Å². The monoisotopic (exact) mass is 630 g/mol. The van der Waals surface area contributed by atoms with Crippen LogP contribution >= 0.6 is 0 Å². The number of anilines is 3. The number of amides is 2. The minimum Gasteiger partial charge on any atom is -0.343 e. The van der Waals surface area contributed by atoms with Crippen molar-refractivity contribution in [3.05, 3.63) is 102 Å². The lowest BCUT2D eigenvalue weighted by molar-refractivity contribution is 0.0821. The summed E-state index contributed by atoms with van der Waals surface area (Å²) in [5, 5.41) is 13.4. The Kier molecular flexibility index (Phi) is 9.32. The summed E-state index contributed by atoms with van der Waals surface area (Å²) in [5.74, 6) is 0.0601. The van der Waals surface area contributed by atoms with E-state index in [2.05, 4.69) is 47.6 Å². The molecular formula is C35H38N10O2. The van der Waals surface area contributed by atoms with Gasteiger partial charge in [-0.05, 0) is 67.6 Å². The van der Waals surface area contributed by atoms with Gasteiger partial charge in [-0.25, -0.2) is 9.97 Å². The number of rotatable bonds is 9. The minimum absolute atomic E-state index is 0.163. The van der Waals surface area contributed by atoms with Crippen molar-refractivity contribution in [2.75, 3.05) is 58.0 Å². The molecule has 1 saturated heterocycles. The maximum atomic E-state index is 13.1. The number of aryl methyl sites for hydroxylation is 1. The van der Waals surface area contributed by atoms with Crippen molar-refractivity contribution in [1.82, 2.24) is 39.8 Å². The molecule has 2 aromatic carbocycles. The molecule has 0 radical (unpaired) electrons. The van der Waals surface area contributed by atoms with E-state index in [1.165, 1.54) is 10.5 Å². The SMILES string of the molecule is Cc1ccc(NC(=O)c2ccc(CN3CCN(C)CC3)cc2)cc1Nc1nccc(-c2cncc(-c3cc(C(=O)N(C)C)[nH]n3)c2)n1. The number of aromatic amines is 1. The molecule has 1 fully saturated rings. The van der Waals surface area contributed by atoms with E-state index in [4.69, 9.17) is 4.98 Å². The Bertz CT molecular complexity index is 1880. The van der Waals surface area contributed by atoms with Gasteiger partial charge < -0.3 is 20.4 Å². The molecule has 0 saturated carbocycles. The first-order valence-electron chi connectivity index (χ1n) is 15.5. The topological polar surface area (TPSA) is 135 Å². The molecule has 4 heterocycles. The molecule has 47 heavy (non-hydrogen) atoms. The van der Waals surface area contributed by atoms with Crippen molar-refractivity contribution in [2.24, 2.45) is 0 Å². The quantitative estimate of drug-likeness (QED) is 0.212. The average Bonchev–Trinajstić information content (AvgIpc) is 3.58. The molecule has 0 bridgehead atoms. The summed E-state index contributed by atoms with van der Waals surface area (Å²) in [6.07, 6.45) is 5.08. The second kappa shape index (κ2) is 13.9. The maximum Gasteiger partial charge on any atom is 0.271 e. The number of aromatic nitrogens is 5. The third-order valence-electron chi connectivity index (χ3n) is 8.16. The number of hydrogen-bond acceptors (Lipinski definition) is 9. The normalized spacial score (nSPS) is 13.7. The highest BCUT2D eigenvalue weighted by Crippen LogP contribution is 2.27. The van der Waals surface area contributed by atoms with Crippen LogP contribution in [0.5, 0.6) is 0 Å². The smallest absolute Gasteiger partial charge is 0.271 e. The van der Waals surface area contributed by atoms with Gasteiger partial charge in [0.05, 0.1) is 11.4 Å². The molecule has 12 nitrogen and oxygen atoms in total. The number of hydrogen-bond donors (Lipinski definition) is 3. The Hall–Kier alpha value is -5.46. The van der Waals surface area contributed by atoms with Crippen LogP contribution in [0, 0.1) is 6.92 Å². The largest absolute Gasteiger partial charge is 0.343 e. The zero-order valence-electron chi connectivity index (χ0n) is 27.0. The summed E-state index contributed by atoms with van der Waals surface area (Å²) in [5.41, 5.74) is 7.37. The van der Waals surface area contributed by atoms with Crippen LogP contribution < -0.4 is 10.6 Å². The summed E-state index contributed by atoms with van der Waals surface area (Å²) in [6, 6.07) is 18.9. The van der Waals surface area contributed by atoms with Gasteiger partial charge in [0.15, 0.2) is 0 Å². The number of pyridine rings is 1. The number of nitrogens with one attached hydrogen (secondary N) is 3. The number of benzene rings is 2. The van der Waals surface area contributed by atoms with Gasteiger partial charge in [-0.15, -0.1) is 0 Å². The minimum atomic E-state index is -0.174. The lowest BCUT2D eigenvalue weighted by atomic mass is 10.1. The van der Waals surface area contributed by atoms with Crippen LogP contribution in [0.1, 0.15) is 32.0 Å². The molecule has 1 aliphatic heterocycles. The number of carbonyl (C=O) groups is 2. The van der Waals surface area contributed by atoms with Crippen LogP contribution in [0.4, 0.5) is 17.3 Å². The molecular weight excluding hydrogens is 592 g/mol. The van der Waals surface area contributed by atoms with Crippen molar-refractivity contribution >= 4 is 29.1 Å². The van der Waals surface area contributed by atoms with Crippen molar-refractivity contribution in [3.63, 3.8) is 0 Å².